The lowest BCUT2D eigenvalue weighted by atomic mass is 10.2. The molecule has 1 aromatic carbocycles. The Hall–Kier alpha value is -1.18. The molecule has 0 spiro atoms. The van der Waals surface area contributed by atoms with Gasteiger partial charge in [-0.2, -0.15) is 0 Å². The molecule has 3 unspecified atom stereocenters. The lowest BCUT2D eigenvalue weighted by Crippen LogP contribution is -2.35. The second-order valence-corrected chi connectivity index (χ2v) is 5.13. The Morgan fingerprint density at radius 2 is 1.90 bits per heavy atom. The molecule has 6 heteroatoms. The molecule has 3 atom stereocenters. The van der Waals surface area contributed by atoms with Crippen molar-refractivity contribution in [2.24, 2.45) is 5.73 Å². The van der Waals surface area contributed by atoms with E-state index >= 15 is 0 Å². The number of nitrogens with two attached hydrogens (primary N) is 1. The van der Waals surface area contributed by atoms with E-state index in [1.54, 1.807) is 0 Å². The molecule has 2 rings (SSSR count). The zero-order valence-electron chi connectivity index (χ0n) is 11.4. The van der Waals surface area contributed by atoms with Crippen LogP contribution in [-0.2, 0) is 6.54 Å². The highest BCUT2D eigenvalue weighted by atomic mass is 16.5. The summed E-state index contributed by atoms with van der Waals surface area (Å²) in [6.45, 7) is 1.64. The summed E-state index contributed by atoms with van der Waals surface area (Å²) in [5, 5.41) is 28.8. The van der Waals surface area contributed by atoms with Crippen molar-refractivity contribution in [2.45, 2.75) is 24.9 Å². The van der Waals surface area contributed by atoms with Crippen LogP contribution in [0.2, 0.25) is 0 Å². The second kappa shape index (κ2) is 7.01. The summed E-state index contributed by atoms with van der Waals surface area (Å²) < 4.78 is 5.57. The van der Waals surface area contributed by atoms with Gasteiger partial charge in [-0.15, -0.1) is 0 Å². The summed E-state index contributed by atoms with van der Waals surface area (Å²) in [6.07, 6.45) is -2.15. The molecule has 1 aromatic rings. The summed E-state index contributed by atoms with van der Waals surface area (Å²) in [7, 11) is 0. The number of hydrogen-bond acceptors (Lipinski definition) is 6. The number of benzene rings is 1. The first-order valence-corrected chi connectivity index (χ1v) is 6.77. The van der Waals surface area contributed by atoms with E-state index < -0.39 is 18.3 Å². The summed E-state index contributed by atoms with van der Waals surface area (Å²) >= 11 is 0. The molecule has 20 heavy (non-hydrogen) atoms. The molecule has 1 aliphatic heterocycles. The third-order valence-corrected chi connectivity index (χ3v) is 3.43. The van der Waals surface area contributed by atoms with Crippen LogP contribution in [0.25, 0.3) is 0 Å². The van der Waals surface area contributed by atoms with Crippen molar-refractivity contribution in [3.63, 3.8) is 0 Å². The number of ether oxygens (including phenoxy) is 1. The highest BCUT2D eigenvalue weighted by Crippen LogP contribution is 2.17. The zero-order valence-corrected chi connectivity index (χ0v) is 11.4. The van der Waals surface area contributed by atoms with E-state index in [-0.39, 0.29) is 6.61 Å². The lowest BCUT2D eigenvalue weighted by Gasteiger charge is -2.20. The Morgan fingerprint density at radius 1 is 1.25 bits per heavy atom. The number of hydrogen-bond donors (Lipinski definition) is 4. The maximum Gasteiger partial charge on any atom is 0.123 e. The van der Waals surface area contributed by atoms with Crippen LogP contribution < -0.4 is 10.5 Å². The first kappa shape index (κ1) is 15.2. The normalized spacial score (nSPS) is 24.8. The molecular weight excluding hydrogens is 260 g/mol. The van der Waals surface area contributed by atoms with Crippen molar-refractivity contribution in [1.82, 2.24) is 4.90 Å². The van der Waals surface area contributed by atoms with Crippen molar-refractivity contribution in [1.29, 1.82) is 0 Å². The predicted molar refractivity (Wildman–Crippen MR) is 74.3 cm³/mol. The van der Waals surface area contributed by atoms with Gasteiger partial charge in [0.25, 0.3) is 0 Å². The van der Waals surface area contributed by atoms with Gasteiger partial charge in [0.05, 0.1) is 12.2 Å². The van der Waals surface area contributed by atoms with Gasteiger partial charge in [-0.25, -0.2) is 0 Å². The van der Waals surface area contributed by atoms with Crippen LogP contribution in [0.3, 0.4) is 0 Å². The van der Waals surface area contributed by atoms with Gasteiger partial charge in [-0.1, -0.05) is 18.2 Å². The zero-order chi connectivity index (χ0) is 14.5. The fraction of sp³-hybridized carbons (Fsp3) is 0.571. The maximum absolute atomic E-state index is 9.95. The Bertz CT molecular complexity index is 419. The minimum absolute atomic E-state index is 0.152. The van der Waals surface area contributed by atoms with E-state index in [9.17, 15) is 15.3 Å². The van der Waals surface area contributed by atoms with Crippen LogP contribution in [0.5, 0.6) is 5.75 Å². The molecule has 6 nitrogen and oxygen atoms in total. The van der Waals surface area contributed by atoms with Gasteiger partial charge < -0.3 is 25.8 Å². The van der Waals surface area contributed by atoms with E-state index in [2.05, 4.69) is 0 Å². The molecule has 0 radical (unpaired) electrons. The molecule has 1 aliphatic rings. The third-order valence-electron chi connectivity index (χ3n) is 3.43. The van der Waals surface area contributed by atoms with Crippen molar-refractivity contribution < 1.29 is 20.1 Å². The number of para-hydroxylation sites is 1. The molecule has 1 fully saturated rings. The molecule has 5 N–H and O–H groups in total. The SMILES string of the molecule is NCc1ccccc1OCC(O)CN1CC(O)C(O)C1. The minimum Gasteiger partial charge on any atom is -0.491 e. The number of aliphatic hydroxyl groups excluding tert-OH is 3. The summed E-state index contributed by atoms with van der Waals surface area (Å²) in [5.41, 5.74) is 6.51. The van der Waals surface area contributed by atoms with E-state index in [1.807, 2.05) is 29.2 Å². The number of likely N-dealkylation sites (tertiary alicyclic amines) is 1. The van der Waals surface area contributed by atoms with Crippen molar-refractivity contribution >= 4 is 0 Å². The number of rotatable bonds is 6. The average molecular weight is 282 g/mol. The summed E-state index contributed by atoms with van der Waals surface area (Å²) in [4.78, 5) is 1.82. The first-order valence-electron chi connectivity index (χ1n) is 6.77. The van der Waals surface area contributed by atoms with Crippen LogP contribution in [0, 0.1) is 0 Å². The average Bonchev–Trinajstić information content (AvgIpc) is 2.75. The van der Waals surface area contributed by atoms with Gasteiger partial charge in [0.2, 0.25) is 0 Å². The molecule has 0 saturated carbocycles. The van der Waals surface area contributed by atoms with Crippen LogP contribution in [0.15, 0.2) is 24.3 Å². The highest BCUT2D eigenvalue weighted by Gasteiger charge is 2.30. The molecule has 112 valence electrons. The molecule has 1 heterocycles. The predicted octanol–water partition coefficient (Wildman–Crippen LogP) is -1.08. The maximum atomic E-state index is 9.95. The van der Waals surface area contributed by atoms with Crippen molar-refractivity contribution in [2.75, 3.05) is 26.2 Å². The van der Waals surface area contributed by atoms with Gasteiger partial charge in [0, 0.05) is 31.7 Å². The summed E-state index contributed by atoms with van der Waals surface area (Å²) in [5.74, 6) is 0.676. The van der Waals surface area contributed by atoms with Gasteiger partial charge >= 0.3 is 0 Å². The van der Waals surface area contributed by atoms with Crippen LogP contribution in [0.4, 0.5) is 0 Å². The largest absolute Gasteiger partial charge is 0.491 e. The fourth-order valence-corrected chi connectivity index (χ4v) is 2.35. The summed E-state index contributed by atoms with van der Waals surface area (Å²) in [6, 6.07) is 7.44. The van der Waals surface area contributed by atoms with E-state index in [0.717, 1.165) is 5.56 Å². The standard InChI is InChI=1S/C14H22N2O4/c15-5-10-3-1-2-4-14(10)20-9-11(17)6-16-7-12(18)13(19)8-16/h1-4,11-13,17-19H,5-9,15H2. The Kier molecular flexibility index (Phi) is 5.33. The number of β-amino-alcohol motifs (C(OH)–C–C–N with tert-alkyl or cyclic N) is 3. The second-order valence-electron chi connectivity index (χ2n) is 5.13. The third kappa shape index (κ3) is 3.91. The number of nitrogens with zero attached hydrogens (tertiary/aromatic N) is 1. The van der Waals surface area contributed by atoms with E-state index in [4.69, 9.17) is 10.5 Å². The lowest BCUT2D eigenvalue weighted by molar-refractivity contribution is 0.0572. The van der Waals surface area contributed by atoms with Gasteiger partial charge in [0.1, 0.15) is 18.5 Å². The Morgan fingerprint density at radius 3 is 2.55 bits per heavy atom. The minimum atomic E-state index is -0.735. The van der Waals surface area contributed by atoms with E-state index in [1.165, 1.54) is 0 Å². The molecule has 0 aromatic heterocycles. The monoisotopic (exact) mass is 282 g/mol. The molecule has 1 saturated heterocycles. The van der Waals surface area contributed by atoms with E-state index in [0.29, 0.717) is 31.9 Å². The van der Waals surface area contributed by atoms with Crippen molar-refractivity contribution in [3.05, 3.63) is 29.8 Å². The van der Waals surface area contributed by atoms with Crippen molar-refractivity contribution in [3.8, 4) is 5.75 Å². The molecule has 0 aliphatic carbocycles. The topological polar surface area (TPSA) is 99.2 Å². The van der Waals surface area contributed by atoms with Crippen LogP contribution >= 0.6 is 0 Å². The van der Waals surface area contributed by atoms with Crippen LogP contribution in [-0.4, -0.2) is 64.8 Å². The molecular formula is C14H22N2O4. The highest BCUT2D eigenvalue weighted by molar-refractivity contribution is 5.32. The Balaban J connectivity index is 1.79. The first-order chi connectivity index (χ1) is 9.60. The molecule has 0 amide bonds. The quantitative estimate of drug-likeness (QED) is 0.530. The smallest absolute Gasteiger partial charge is 0.123 e. The van der Waals surface area contributed by atoms with Crippen LogP contribution in [0.1, 0.15) is 5.56 Å². The Labute approximate surface area is 118 Å². The number of aliphatic hydroxyl groups is 3. The molecule has 0 bridgehead atoms. The van der Waals surface area contributed by atoms with Gasteiger partial charge in [-0.3, -0.25) is 4.90 Å². The fourth-order valence-electron chi connectivity index (χ4n) is 2.35. The van der Waals surface area contributed by atoms with Gasteiger partial charge in [0.15, 0.2) is 0 Å². The van der Waals surface area contributed by atoms with Gasteiger partial charge in [-0.05, 0) is 6.07 Å².